The van der Waals surface area contributed by atoms with Crippen LogP contribution < -0.4 is 20.3 Å². The zero-order chi connectivity index (χ0) is 20.1. The van der Waals surface area contributed by atoms with Crippen LogP contribution >= 0.6 is 0 Å². The van der Waals surface area contributed by atoms with Gasteiger partial charge in [0.15, 0.2) is 0 Å². The number of hydrogen-bond acceptors (Lipinski definition) is 5. The molecule has 0 fully saturated rings. The van der Waals surface area contributed by atoms with Crippen LogP contribution in [0.15, 0.2) is 60.9 Å². The molecule has 3 aromatic rings. The molecule has 0 aliphatic rings. The van der Waals surface area contributed by atoms with E-state index in [1.54, 1.807) is 19.4 Å². The molecule has 6 nitrogen and oxygen atoms in total. The Labute approximate surface area is 165 Å². The Hall–Kier alpha value is -3.54. The molecule has 0 bridgehead atoms. The van der Waals surface area contributed by atoms with E-state index in [-0.39, 0.29) is 5.91 Å². The summed E-state index contributed by atoms with van der Waals surface area (Å²) in [7, 11) is 5.57. The molecule has 0 atom stereocenters. The number of rotatable bonds is 6. The summed E-state index contributed by atoms with van der Waals surface area (Å²) in [5, 5.41) is 6.17. The van der Waals surface area contributed by atoms with Crippen molar-refractivity contribution in [1.82, 2.24) is 4.98 Å². The summed E-state index contributed by atoms with van der Waals surface area (Å²) in [4.78, 5) is 18.9. The third kappa shape index (κ3) is 4.59. The third-order valence-corrected chi connectivity index (χ3v) is 4.28. The van der Waals surface area contributed by atoms with E-state index in [4.69, 9.17) is 4.74 Å². The molecule has 0 unspecified atom stereocenters. The zero-order valence-corrected chi connectivity index (χ0v) is 16.5. The van der Waals surface area contributed by atoms with Gasteiger partial charge in [0.1, 0.15) is 5.75 Å². The predicted molar refractivity (Wildman–Crippen MR) is 114 cm³/mol. The Morgan fingerprint density at radius 1 is 1.00 bits per heavy atom. The van der Waals surface area contributed by atoms with E-state index in [0.717, 1.165) is 22.6 Å². The van der Waals surface area contributed by atoms with Crippen LogP contribution in [0, 0.1) is 6.92 Å². The van der Waals surface area contributed by atoms with Gasteiger partial charge >= 0.3 is 0 Å². The van der Waals surface area contributed by atoms with Crippen molar-refractivity contribution in [3.63, 3.8) is 0 Å². The molecule has 0 aliphatic carbocycles. The lowest BCUT2D eigenvalue weighted by molar-refractivity contribution is 0.102. The Bertz CT molecular complexity index is 969. The highest BCUT2D eigenvalue weighted by atomic mass is 16.5. The van der Waals surface area contributed by atoms with Crippen LogP contribution in [-0.2, 0) is 0 Å². The molecular formula is C22H24N4O2. The van der Waals surface area contributed by atoms with E-state index < -0.39 is 0 Å². The number of anilines is 4. The van der Waals surface area contributed by atoms with Crippen molar-refractivity contribution in [2.24, 2.45) is 0 Å². The van der Waals surface area contributed by atoms with Crippen LogP contribution in [-0.4, -0.2) is 32.1 Å². The Balaban J connectivity index is 1.75. The van der Waals surface area contributed by atoms with Crippen LogP contribution in [0.4, 0.5) is 22.7 Å². The van der Waals surface area contributed by atoms with Crippen LogP contribution in [0.5, 0.6) is 5.75 Å². The molecule has 28 heavy (non-hydrogen) atoms. The minimum absolute atomic E-state index is 0.247. The number of hydrogen-bond donors (Lipinski definition) is 2. The second kappa shape index (κ2) is 8.43. The standard InChI is InChI=1S/C22H24N4O2/c1-15-5-10-21(28-4)20(11-15)25-22(27)16-12-18(14-23-13-16)24-17-6-8-19(9-7-17)26(2)3/h5-14,24H,1-4H3,(H,25,27). The van der Waals surface area contributed by atoms with Crippen molar-refractivity contribution in [3.05, 3.63) is 72.1 Å². The topological polar surface area (TPSA) is 66.5 Å². The third-order valence-electron chi connectivity index (χ3n) is 4.28. The molecule has 0 saturated heterocycles. The van der Waals surface area contributed by atoms with Gasteiger partial charge in [-0.15, -0.1) is 0 Å². The molecule has 2 N–H and O–H groups in total. The van der Waals surface area contributed by atoms with Gasteiger partial charge in [0, 0.05) is 31.7 Å². The fraction of sp³-hybridized carbons (Fsp3) is 0.182. The van der Waals surface area contributed by atoms with Crippen molar-refractivity contribution in [1.29, 1.82) is 0 Å². The fourth-order valence-electron chi connectivity index (χ4n) is 2.76. The lowest BCUT2D eigenvalue weighted by Crippen LogP contribution is -2.13. The van der Waals surface area contributed by atoms with Crippen molar-refractivity contribution in [3.8, 4) is 5.75 Å². The molecule has 0 spiro atoms. The second-order valence-corrected chi connectivity index (χ2v) is 6.69. The monoisotopic (exact) mass is 376 g/mol. The molecule has 0 aliphatic heterocycles. The van der Waals surface area contributed by atoms with Crippen molar-refractivity contribution in [2.75, 3.05) is 36.7 Å². The van der Waals surface area contributed by atoms with Crippen LogP contribution in [0.1, 0.15) is 15.9 Å². The van der Waals surface area contributed by atoms with Crippen LogP contribution in [0.2, 0.25) is 0 Å². The van der Waals surface area contributed by atoms with E-state index in [2.05, 4.69) is 15.6 Å². The number of aromatic nitrogens is 1. The van der Waals surface area contributed by atoms with E-state index in [1.165, 1.54) is 6.20 Å². The van der Waals surface area contributed by atoms with Gasteiger partial charge in [0.2, 0.25) is 0 Å². The van der Waals surface area contributed by atoms with Gasteiger partial charge in [0.05, 0.1) is 30.2 Å². The predicted octanol–water partition coefficient (Wildman–Crippen LogP) is 4.46. The number of nitrogens with zero attached hydrogens (tertiary/aromatic N) is 2. The van der Waals surface area contributed by atoms with E-state index >= 15 is 0 Å². The Morgan fingerprint density at radius 2 is 1.75 bits per heavy atom. The molecule has 1 heterocycles. The maximum Gasteiger partial charge on any atom is 0.257 e. The van der Waals surface area contributed by atoms with Gasteiger partial charge in [-0.05, 0) is 55.0 Å². The van der Waals surface area contributed by atoms with Crippen molar-refractivity contribution in [2.45, 2.75) is 6.92 Å². The number of methoxy groups -OCH3 is 1. The first-order chi connectivity index (χ1) is 13.5. The number of amides is 1. The first-order valence-corrected chi connectivity index (χ1v) is 8.92. The fourth-order valence-corrected chi connectivity index (χ4v) is 2.76. The maximum absolute atomic E-state index is 12.7. The quantitative estimate of drug-likeness (QED) is 0.665. The summed E-state index contributed by atoms with van der Waals surface area (Å²) in [6.07, 6.45) is 3.22. The van der Waals surface area contributed by atoms with E-state index in [1.807, 2.05) is 68.4 Å². The summed E-state index contributed by atoms with van der Waals surface area (Å²) in [5.74, 6) is 0.366. The lowest BCUT2D eigenvalue weighted by Gasteiger charge is -2.14. The Kier molecular flexibility index (Phi) is 5.79. The molecular weight excluding hydrogens is 352 g/mol. The highest BCUT2D eigenvalue weighted by Crippen LogP contribution is 2.26. The number of pyridine rings is 1. The first kappa shape index (κ1) is 19.2. The summed E-state index contributed by atoms with van der Waals surface area (Å²) >= 11 is 0. The van der Waals surface area contributed by atoms with Gasteiger partial charge in [-0.1, -0.05) is 6.07 Å². The molecule has 0 saturated carbocycles. The van der Waals surface area contributed by atoms with Gasteiger partial charge in [-0.3, -0.25) is 9.78 Å². The van der Waals surface area contributed by atoms with Crippen molar-refractivity contribution < 1.29 is 9.53 Å². The molecule has 1 aromatic heterocycles. The average Bonchev–Trinajstić information content (AvgIpc) is 2.69. The normalized spacial score (nSPS) is 10.3. The largest absolute Gasteiger partial charge is 0.495 e. The summed E-state index contributed by atoms with van der Waals surface area (Å²) in [5.41, 5.74) is 4.89. The smallest absolute Gasteiger partial charge is 0.257 e. The van der Waals surface area contributed by atoms with Gasteiger partial charge < -0.3 is 20.3 Å². The minimum Gasteiger partial charge on any atom is -0.495 e. The summed E-state index contributed by atoms with van der Waals surface area (Å²) in [6.45, 7) is 1.96. The molecule has 0 radical (unpaired) electrons. The molecule has 6 heteroatoms. The number of carbonyl (C=O) groups is 1. The first-order valence-electron chi connectivity index (χ1n) is 8.92. The number of ether oxygens (including phenoxy) is 1. The molecule has 1 amide bonds. The number of nitrogens with one attached hydrogen (secondary N) is 2. The molecule has 3 rings (SSSR count). The maximum atomic E-state index is 12.7. The minimum atomic E-state index is -0.247. The van der Waals surface area contributed by atoms with Gasteiger partial charge in [-0.2, -0.15) is 0 Å². The molecule has 2 aromatic carbocycles. The highest BCUT2D eigenvalue weighted by molar-refractivity contribution is 6.05. The number of benzene rings is 2. The van der Waals surface area contributed by atoms with Crippen LogP contribution in [0.25, 0.3) is 0 Å². The Morgan fingerprint density at radius 3 is 2.43 bits per heavy atom. The van der Waals surface area contributed by atoms with E-state index in [9.17, 15) is 4.79 Å². The van der Waals surface area contributed by atoms with Gasteiger partial charge in [0.25, 0.3) is 5.91 Å². The highest BCUT2D eigenvalue weighted by Gasteiger charge is 2.11. The zero-order valence-electron chi connectivity index (χ0n) is 16.5. The van der Waals surface area contributed by atoms with Crippen LogP contribution in [0.3, 0.4) is 0 Å². The summed E-state index contributed by atoms with van der Waals surface area (Å²) in [6, 6.07) is 15.4. The van der Waals surface area contributed by atoms with Crippen molar-refractivity contribution >= 4 is 28.7 Å². The summed E-state index contributed by atoms with van der Waals surface area (Å²) < 4.78 is 5.32. The molecule has 144 valence electrons. The SMILES string of the molecule is COc1ccc(C)cc1NC(=O)c1cncc(Nc2ccc(N(C)C)cc2)c1. The van der Waals surface area contributed by atoms with Gasteiger partial charge in [-0.25, -0.2) is 0 Å². The lowest BCUT2D eigenvalue weighted by atomic mass is 10.2. The average molecular weight is 376 g/mol. The second-order valence-electron chi connectivity index (χ2n) is 6.69. The van der Waals surface area contributed by atoms with E-state index in [0.29, 0.717) is 17.0 Å². The number of carbonyl (C=O) groups excluding carboxylic acids is 1. The number of aryl methyl sites for hydroxylation is 1.